The second-order valence-electron chi connectivity index (χ2n) is 11.4. The Balaban J connectivity index is 1.44. The van der Waals surface area contributed by atoms with E-state index in [1.807, 2.05) is 30.3 Å². The first-order chi connectivity index (χ1) is 22.8. The monoisotopic (exact) mass is 591 g/mol. The van der Waals surface area contributed by atoms with Crippen LogP contribution in [0.5, 0.6) is 0 Å². The van der Waals surface area contributed by atoms with Crippen LogP contribution in [0.1, 0.15) is 0 Å². The van der Waals surface area contributed by atoms with Gasteiger partial charge in [0.25, 0.3) is 0 Å². The number of para-hydroxylation sites is 7. The zero-order chi connectivity index (χ0) is 30.2. The highest BCUT2D eigenvalue weighted by atomic mass is 15.3. The molecule has 0 aliphatic carbocycles. The van der Waals surface area contributed by atoms with Gasteiger partial charge in [0, 0.05) is 11.3 Å². The summed E-state index contributed by atoms with van der Waals surface area (Å²) in [5.41, 5.74) is 10.9. The Bertz CT molecular complexity index is 2800. The van der Waals surface area contributed by atoms with Gasteiger partial charge in [-0.2, -0.15) is 0 Å². The molecule has 7 nitrogen and oxygen atoms in total. The Morgan fingerprint density at radius 3 is 1.52 bits per heavy atom. The van der Waals surface area contributed by atoms with Crippen LogP contribution in [0.25, 0.3) is 78.5 Å². The molecule has 216 valence electrons. The second kappa shape index (κ2) is 9.51. The number of imidazole rings is 3. The summed E-state index contributed by atoms with van der Waals surface area (Å²) in [4.78, 5) is 15.6. The standard InChI is InChI=1S/C39H25N7/c1-3-13-26(14-4-1)37-40-29-17-7-10-20-32(29)43(37)28-23-24-35-36(25-28)46-34-22-12-9-19-31(34)42-39(46)44(27-15-5-2-6-16-27)38-41-30-18-8-11-21-33(30)45(35)38/h1-25H. The van der Waals surface area contributed by atoms with Gasteiger partial charge in [0.2, 0.25) is 11.6 Å². The van der Waals surface area contributed by atoms with E-state index < -0.39 is 0 Å². The highest BCUT2D eigenvalue weighted by Crippen LogP contribution is 2.33. The number of aromatic nitrogens is 7. The number of rotatable bonds is 3. The predicted molar refractivity (Wildman–Crippen MR) is 185 cm³/mol. The third-order valence-electron chi connectivity index (χ3n) is 8.79. The lowest BCUT2D eigenvalue weighted by atomic mass is 10.2. The molecule has 4 aromatic heterocycles. The molecule has 0 saturated carbocycles. The van der Waals surface area contributed by atoms with Crippen molar-refractivity contribution in [1.29, 1.82) is 0 Å². The normalized spacial score (nSPS) is 11.9. The van der Waals surface area contributed by atoms with Gasteiger partial charge < -0.3 is 0 Å². The average Bonchev–Trinajstić information content (AvgIpc) is 3.79. The fraction of sp³-hybridized carbons (Fsp3) is 0. The third kappa shape index (κ3) is 3.51. The lowest BCUT2D eigenvalue weighted by Crippen LogP contribution is -2.01. The molecule has 0 atom stereocenters. The van der Waals surface area contributed by atoms with Gasteiger partial charge >= 0.3 is 0 Å². The van der Waals surface area contributed by atoms with E-state index in [1.165, 1.54) is 0 Å². The molecule has 0 saturated heterocycles. The molecule has 0 N–H and O–H groups in total. The minimum absolute atomic E-state index is 0.777. The van der Waals surface area contributed by atoms with Crippen LogP contribution in [-0.4, -0.2) is 32.9 Å². The van der Waals surface area contributed by atoms with E-state index >= 15 is 0 Å². The Kier molecular flexibility index (Phi) is 5.15. The van der Waals surface area contributed by atoms with Crippen LogP contribution in [0.3, 0.4) is 0 Å². The molecule has 10 aromatic rings. The molecule has 0 unspecified atom stereocenters. The molecule has 0 aliphatic rings. The molecule has 0 bridgehead atoms. The fourth-order valence-corrected chi connectivity index (χ4v) is 6.79. The summed E-state index contributed by atoms with van der Waals surface area (Å²) >= 11 is 0. The summed E-state index contributed by atoms with van der Waals surface area (Å²) in [6.07, 6.45) is 0. The van der Waals surface area contributed by atoms with E-state index in [-0.39, 0.29) is 0 Å². The Morgan fingerprint density at radius 1 is 0.348 bits per heavy atom. The van der Waals surface area contributed by atoms with E-state index in [4.69, 9.17) is 15.0 Å². The molecule has 0 fully saturated rings. The molecular weight excluding hydrogens is 566 g/mol. The van der Waals surface area contributed by atoms with E-state index in [0.717, 1.165) is 78.5 Å². The van der Waals surface area contributed by atoms with Crippen LogP contribution in [0.15, 0.2) is 152 Å². The molecule has 0 radical (unpaired) electrons. The SMILES string of the molecule is c1ccc(-c2nc3ccccc3n2-c2ccc3c(c2)n2c4ccccc4nc2n(-c2ccccc2)c2nc4ccccc4n32)cc1. The van der Waals surface area contributed by atoms with Crippen LogP contribution >= 0.6 is 0 Å². The van der Waals surface area contributed by atoms with Crippen molar-refractivity contribution in [3.05, 3.63) is 152 Å². The van der Waals surface area contributed by atoms with Crippen molar-refractivity contribution in [2.45, 2.75) is 0 Å². The van der Waals surface area contributed by atoms with Crippen LogP contribution < -0.4 is 0 Å². The molecule has 0 amide bonds. The molecule has 6 aromatic carbocycles. The Hall–Kier alpha value is -6.47. The molecule has 46 heavy (non-hydrogen) atoms. The summed E-state index contributed by atoms with van der Waals surface area (Å²) in [6, 6.07) is 52.4. The molecule has 4 heterocycles. The van der Waals surface area contributed by atoms with Gasteiger partial charge in [-0.15, -0.1) is 0 Å². The van der Waals surface area contributed by atoms with Crippen molar-refractivity contribution in [2.24, 2.45) is 0 Å². The lowest BCUT2D eigenvalue weighted by Gasteiger charge is -2.11. The highest BCUT2D eigenvalue weighted by molar-refractivity contribution is 5.94. The second-order valence-corrected chi connectivity index (χ2v) is 11.4. The predicted octanol–water partition coefficient (Wildman–Crippen LogP) is 8.80. The first-order valence-electron chi connectivity index (χ1n) is 15.3. The van der Waals surface area contributed by atoms with Crippen LogP contribution in [0.4, 0.5) is 0 Å². The van der Waals surface area contributed by atoms with Gasteiger partial charge in [0.1, 0.15) is 5.82 Å². The quantitative estimate of drug-likeness (QED) is 0.206. The van der Waals surface area contributed by atoms with Gasteiger partial charge in [-0.3, -0.25) is 13.4 Å². The van der Waals surface area contributed by atoms with Crippen LogP contribution in [0, 0.1) is 0 Å². The van der Waals surface area contributed by atoms with Crippen LogP contribution in [-0.2, 0) is 0 Å². The van der Waals surface area contributed by atoms with Gasteiger partial charge in [0.05, 0.1) is 49.8 Å². The first-order valence-corrected chi connectivity index (χ1v) is 15.3. The fourth-order valence-electron chi connectivity index (χ4n) is 6.79. The molecular formula is C39H25N7. The van der Waals surface area contributed by atoms with Crippen molar-refractivity contribution >= 4 is 55.7 Å². The zero-order valence-corrected chi connectivity index (χ0v) is 24.6. The van der Waals surface area contributed by atoms with Crippen molar-refractivity contribution in [1.82, 2.24) is 32.9 Å². The Morgan fingerprint density at radius 2 is 0.870 bits per heavy atom. The zero-order valence-electron chi connectivity index (χ0n) is 24.6. The summed E-state index contributed by atoms with van der Waals surface area (Å²) in [6.45, 7) is 0. The van der Waals surface area contributed by atoms with Gasteiger partial charge in [-0.1, -0.05) is 84.9 Å². The summed E-state index contributed by atoms with van der Waals surface area (Å²) < 4.78 is 8.96. The number of fused-ring (bicyclic) bond motifs is 10. The van der Waals surface area contributed by atoms with E-state index in [9.17, 15) is 0 Å². The number of hydrogen-bond donors (Lipinski definition) is 0. The maximum atomic E-state index is 5.26. The van der Waals surface area contributed by atoms with E-state index in [2.05, 4.69) is 139 Å². The van der Waals surface area contributed by atoms with Crippen molar-refractivity contribution in [3.8, 4) is 22.8 Å². The van der Waals surface area contributed by atoms with E-state index in [1.54, 1.807) is 0 Å². The maximum Gasteiger partial charge on any atom is 0.223 e. The third-order valence-corrected chi connectivity index (χ3v) is 8.79. The maximum absolute atomic E-state index is 5.26. The minimum atomic E-state index is 0.777. The largest absolute Gasteiger partial charge is 0.292 e. The molecule has 0 aliphatic heterocycles. The number of benzene rings is 6. The molecule has 0 spiro atoms. The lowest BCUT2D eigenvalue weighted by molar-refractivity contribution is 1.03. The summed E-state index contributed by atoms with van der Waals surface area (Å²) in [7, 11) is 0. The van der Waals surface area contributed by atoms with Gasteiger partial charge in [-0.25, -0.2) is 19.5 Å². The molecule has 10 rings (SSSR count). The summed E-state index contributed by atoms with van der Waals surface area (Å²) in [5, 5.41) is 0. The van der Waals surface area contributed by atoms with E-state index in [0.29, 0.717) is 0 Å². The number of nitrogens with zero attached hydrogens (tertiary/aromatic N) is 7. The van der Waals surface area contributed by atoms with Crippen molar-refractivity contribution < 1.29 is 0 Å². The smallest absolute Gasteiger partial charge is 0.223 e. The van der Waals surface area contributed by atoms with Gasteiger partial charge in [-0.05, 0) is 66.7 Å². The molecule has 7 heteroatoms. The number of hydrogen-bond acceptors (Lipinski definition) is 3. The average molecular weight is 592 g/mol. The van der Waals surface area contributed by atoms with Gasteiger partial charge in [0.15, 0.2) is 0 Å². The van der Waals surface area contributed by atoms with Crippen molar-refractivity contribution in [2.75, 3.05) is 0 Å². The van der Waals surface area contributed by atoms with Crippen LogP contribution in [0.2, 0.25) is 0 Å². The Labute approximate surface area is 262 Å². The van der Waals surface area contributed by atoms with Crippen molar-refractivity contribution in [3.63, 3.8) is 0 Å². The minimum Gasteiger partial charge on any atom is -0.292 e. The highest BCUT2D eigenvalue weighted by Gasteiger charge is 2.20. The first kappa shape index (κ1) is 24.9. The summed E-state index contributed by atoms with van der Waals surface area (Å²) in [5.74, 6) is 2.46. The topological polar surface area (TPSA) is 57.4 Å².